The predicted octanol–water partition coefficient (Wildman–Crippen LogP) is 12.6. The zero-order chi connectivity index (χ0) is 46.0. The SMILES string of the molecule is CC(C)N(C/C=C/c1ccccc1)C(C)C.CC(C)N(CCC(c1ccccc1)c1cc(C(=O)O)ccc1O)C(C)C.ClC/C=C/c1ccccc1.O=C(O)c1ccc(O)cc1. The highest BCUT2D eigenvalue weighted by atomic mass is 35.5. The molecule has 0 bridgehead atoms. The summed E-state index contributed by atoms with van der Waals surface area (Å²) in [5, 5.41) is 36.9. The number of rotatable bonds is 16. The number of hydrogen-bond acceptors (Lipinski definition) is 6. The maximum atomic E-state index is 11.4. The molecule has 0 aliphatic rings. The molecule has 0 radical (unpaired) electrons. The highest BCUT2D eigenvalue weighted by Gasteiger charge is 2.22. The molecule has 0 aromatic heterocycles. The van der Waals surface area contributed by atoms with Gasteiger partial charge in [-0.05, 0) is 128 Å². The lowest BCUT2D eigenvalue weighted by molar-refractivity contribution is 0.0686. The van der Waals surface area contributed by atoms with E-state index < -0.39 is 11.9 Å². The van der Waals surface area contributed by atoms with E-state index in [1.807, 2.05) is 78.9 Å². The number of carbonyl (C=O) groups is 2. The molecule has 9 heteroatoms. The summed E-state index contributed by atoms with van der Waals surface area (Å²) >= 11 is 5.46. The number of alkyl halides is 1. The molecular weight excluding hydrogens is 796 g/mol. The van der Waals surface area contributed by atoms with Crippen LogP contribution in [0.1, 0.15) is 111 Å². The van der Waals surface area contributed by atoms with Gasteiger partial charge in [0.1, 0.15) is 11.5 Å². The van der Waals surface area contributed by atoms with E-state index in [9.17, 15) is 19.8 Å². The number of carboxylic acid groups (broad SMARTS) is 2. The number of nitrogens with zero attached hydrogens (tertiary/aromatic N) is 2. The third-order valence-corrected chi connectivity index (χ3v) is 10.1. The van der Waals surface area contributed by atoms with Crippen molar-refractivity contribution in [2.24, 2.45) is 0 Å². The molecule has 1 atom stereocenters. The molecule has 0 saturated heterocycles. The molecule has 5 aromatic rings. The summed E-state index contributed by atoms with van der Waals surface area (Å²) in [5.74, 6) is -1.23. The van der Waals surface area contributed by atoms with Gasteiger partial charge in [0.2, 0.25) is 0 Å². The van der Waals surface area contributed by atoms with Crippen LogP contribution in [0.2, 0.25) is 0 Å². The third kappa shape index (κ3) is 19.8. The maximum Gasteiger partial charge on any atom is 0.335 e. The van der Waals surface area contributed by atoms with E-state index in [1.54, 1.807) is 6.07 Å². The molecule has 0 fully saturated rings. The number of carboxylic acids is 2. The van der Waals surface area contributed by atoms with Crippen LogP contribution in [-0.2, 0) is 0 Å². The van der Waals surface area contributed by atoms with E-state index in [0.29, 0.717) is 35.6 Å². The number of benzene rings is 5. The van der Waals surface area contributed by atoms with E-state index in [2.05, 4.69) is 102 Å². The summed E-state index contributed by atoms with van der Waals surface area (Å²) in [6, 6.07) is 42.5. The summed E-state index contributed by atoms with van der Waals surface area (Å²) in [6.07, 6.45) is 9.17. The summed E-state index contributed by atoms with van der Waals surface area (Å²) in [6.45, 7) is 19.6. The largest absolute Gasteiger partial charge is 0.508 e. The van der Waals surface area contributed by atoms with Crippen LogP contribution in [0.25, 0.3) is 12.2 Å². The minimum atomic E-state index is -0.986. The van der Waals surface area contributed by atoms with Gasteiger partial charge in [0, 0.05) is 48.1 Å². The number of aromatic hydroxyl groups is 2. The second-order valence-electron chi connectivity index (χ2n) is 15.8. The Morgan fingerprint density at radius 1 is 0.565 bits per heavy atom. The summed E-state index contributed by atoms with van der Waals surface area (Å²) in [5.41, 5.74) is 4.60. The van der Waals surface area contributed by atoms with E-state index >= 15 is 0 Å². The standard InChI is InChI=1S/C22H29NO3.C15H23N.C9H9Cl.C7H6O3/c1-15(2)23(16(3)4)13-12-19(17-8-6-5-7-9-17)20-14-18(22(25)26)10-11-21(20)24;1-13(2)16(14(3)4)12-8-11-15-9-6-5-7-10-15;10-8-4-7-9-5-2-1-3-6-9;8-6-3-1-5(2-4-6)7(9)10/h5-11,14-16,19,24H,12-13H2,1-4H3,(H,25,26);5-11,13-14H,12H2,1-4H3;1-7H,8H2;1-4,8H,(H,9,10)/b;11-8+;7-4+;. The molecule has 0 amide bonds. The van der Waals surface area contributed by atoms with Gasteiger partial charge in [-0.25, -0.2) is 9.59 Å². The Bertz CT molecular complexity index is 2040. The van der Waals surface area contributed by atoms with Crippen LogP contribution in [-0.4, -0.2) is 85.3 Å². The minimum absolute atomic E-state index is 0.0597. The van der Waals surface area contributed by atoms with E-state index in [1.165, 1.54) is 47.5 Å². The fraction of sp³-hybridized carbons (Fsp3) is 0.321. The van der Waals surface area contributed by atoms with Gasteiger partial charge in [-0.1, -0.05) is 115 Å². The van der Waals surface area contributed by atoms with Crippen LogP contribution in [0.4, 0.5) is 0 Å². The minimum Gasteiger partial charge on any atom is -0.508 e. The van der Waals surface area contributed by atoms with Crippen molar-refractivity contribution in [2.45, 2.75) is 91.9 Å². The first kappa shape index (κ1) is 52.5. The molecule has 0 aliphatic carbocycles. The molecule has 0 saturated carbocycles. The van der Waals surface area contributed by atoms with Crippen LogP contribution in [0, 0.1) is 0 Å². The summed E-state index contributed by atoms with van der Waals surface area (Å²) < 4.78 is 0. The fourth-order valence-electron chi connectivity index (χ4n) is 6.79. The Morgan fingerprint density at radius 3 is 1.44 bits per heavy atom. The lowest BCUT2D eigenvalue weighted by atomic mass is 9.86. The Labute approximate surface area is 375 Å². The van der Waals surface area contributed by atoms with Gasteiger partial charge in [0.05, 0.1) is 11.1 Å². The quantitative estimate of drug-likeness (QED) is 0.0724. The zero-order valence-corrected chi connectivity index (χ0v) is 38.4. The van der Waals surface area contributed by atoms with Gasteiger partial charge in [-0.3, -0.25) is 9.80 Å². The summed E-state index contributed by atoms with van der Waals surface area (Å²) in [7, 11) is 0. The van der Waals surface area contributed by atoms with Crippen LogP contribution >= 0.6 is 11.6 Å². The van der Waals surface area contributed by atoms with Gasteiger partial charge in [-0.2, -0.15) is 0 Å². The zero-order valence-electron chi connectivity index (χ0n) is 37.6. The van der Waals surface area contributed by atoms with Crippen LogP contribution < -0.4 is 0 Å². The predicted molar refractivity (Wildman–Crippen MR) is 259 cm³/mol. The highest BCUT2D eigenvalue weighted by Crippen LogP contribution is 2.35. The van der Waals surface area contributed by atoms with E-state index in [-0.39, 0.29) is 28.5 Å². The molecule has 1 unspecified atom stereocenters. The fourth-order valence-corrected chi connectivity index (χ4v) is 6.88. The number of phenolic OH excluding ortho intramolecular Hbond substituents is 2. The van der Waals surface area contributed by atoms with Crippen molar-refractivity contribution < 1.29 is 30.0 Å². The van der Waals surface area contributed by atoms with E-state index in [4.69, 9.17) is 21.8 Å². The molecule has 5 rings (SSSR count). The normalized spacial score (nSPS) is 11.7. The smallest absolute Gasteiger partial charge is 0.335 e. The van der Waals surface area contributed by atoms with Crippen LogP contribution in [0.15, 0.2) is 146 Å². The third-order valence-electron chi connectivity index (χ3n) is 9.92. The molecule has 8 nitrogen and oxygen atoms in total. The number of halogens is 1. The molecule has 0 aliphatic heterocycles. The number of hydrogen-bond donors (Lipinski definition) is 4. The van der Waals surface area contributed by atoms with Crippen molar-refractivity contribution in [1.82, 2.24) is 9.80 Å². The lowest BCUT2D eigenvalue weighted by Gasteiger charge is -2.32. The molecule has 4 N–H and O–H groups in total. The summed E-state index contributed by atoms with van der Waals surface area (Å²) in [4.78, 5) is 26.5. The first-order valence-corrected chi connectivity index (χ1v) is 21.7. The van der Waals surface area contributed by atoms with Crippen molar-refractivity contribution in [2.75, 3.05) is 19.0 Å². The van der Waals surface area contributed by atoms with Gasteiger partial charge in [0.15, 0.2) is 0 Å². The lowest BCUT2D eigenvalue weighted by Crippen LogP contribution is -2.38. The van der Waals surface area contributed by atoms with Gasteiger partial charge in [-0.15, -0.1) is 11.6 Å². The molecule has 332 valence electrons. The number of aromatic carboxylic acids is 2. The molecule has 62 heavy (non-hydrogen) atoms. The second kappa shape index (κ2) is 28.8. The molecule has 0 heterocycles. The first-order chi connectivity index (χ1) is 29.5. The number of phenols is 2. The van der Waals surface area contributed by atoms with Crippen molar-refractivity contribution in [3.63, 3.8) is 0 Å². The van der Waals surface area contributed by atoms with Crippen molar-refractivity contribution in [3.8, 4) is 11.5 Å². The highest BCUT2D eigenvalue weighted by molar-refractivity contribution is 6.19. The van der Waals surface area contributed by atoms with Crippen LogP contribution in [0.5, 0.6) is 11.5 Å². The topological polar surface area (TPSA) is 122 Å². The monoisotopic (exact) mass is 862 g/mol. The maximum absolute atomic E-state index is 11.4. The Morgan fingerprint density at radius 2 is 1.00 bits per heavy atom. The van der Waals surface area contributed by atoms with Crippen LogP contribution in [0.3, 0.4) is 0 Å². The van der Waals surface area contributed by atoms with Gasteiger partial charge in [0.25, 0.3) is 0 Å². The van der Waals surface area contributed by atoms with Gasteiger partial charge < -0.3 is 20.4 Å². The average Bonchev–Trinajstić information content (AvgIpc) is 3.25. The first-order valence-electron chi connectivity index (χ1n) is 21.2. The number of allylic oxidation sites excluding steroid dienone is 1. The second-order valence-corrected chi connectivity index (χ2v) is 16.1. The Hall–Kier alpha value is -5.67. The molecule has 5 aromatic carbocycles. The molecule has 0 spiro atoms. The van der Waals surface area contributed by atoms with Crippen molar-refractivity contribution >= 4 is 35.7 Å². The Kier molecular flexibility index (Phi) is 24.4. The average molecular weight is 864 g/mol. The molecular formula is C53H67ClN2O6. The van der Waals surface area contributed by atoms with Crippen molar-refractivity contribution in [1.29, 1.82) is 0 Å². The van der Waals surface area contributed by atoms with E-state index in [0.717, 1.165) is 25.1 Å². The Balaban J connectivity index is 0.000000311. The van der Waals surface area contributed by atoms with Crippen molar-refractivity contribution in [3.05, 3.63) is 179 Å². The van der Waals surface area contributed by atoms with Gasteiger partial charge >= 0.3 is 11.9 Å².